The standard InChI is InChI=1S/C16H31NO2S/c1-4-16(5-2)13(11-14(16)19-6-3)17-12-15(18)7-9-20-10-8-15/h13-14,17-18H,4-12H2,1-3H3. The summed E-state index contributed by atoms with van der Waals surface area (Å²) in [5.41, 5.74) is -0.203. The second-order valence-corrected chi connectivity index (χ2v) is 7.61. The molecule has 1 aliphatic heterocycles. The molecule has 2 aliphatic rings. The van der Waals surface area contributed by atoms with Gasteiger partial charge in [-0.15, -0.1) is 0 Å². The van der Waals surface area contributed by atoms with E-state index in [0.717, 1.165) is 56.8 Å². The normalized spacial score (nSPS) is 31.8. The molecule has 2 fully saturated rings. The first-order valence-corrected chi connectivity index (χ1v) is 9.41. The highest BCUT2D eigenvalue weighted by Gasteiger charge is 2.53. The number of rotatable bonds is 7. The Morgan fingerprint density at radius 3 is 2.40 bits per heavy atom. The van der Waals surface area contributed by atoms with Crippen LogP contribution in [0.4, 0.5) is 0 Å². The zero-order valence-corrected chi connectivity index (χ0v) is 14.1. The number of hydrogen-bond acceptors (Lipinski definition) is 4. The summed E-state index contributed by atoms with van der Waals surface area (Å²) in [4.78, 5) is 0. The zero-order valence-electron chi connectivity index (χ0n) is 13.3. The summed E-state index contributed by atoms with van der Waals surface area (Å²) in [7, 11) is 0. The molecule has 1 saturated carbocycles. The predicted octanol–water partition coefficient (Wildman–Crippen LogP) is 2.82. The molecule has 118 valence electrons. The van der Waals surface area contributed by atoms with E-state index in [-0.39, 0.29) is 5.41 Å². The maximum atomic E-state index is 10.6. The lowest BCUT2D eigenvalue weighted by atomic mass is 9.58. The lowest BCUT2D eigenvalue weighted by Crippen LogP contribution is -2.65. The van der Waals surface area contributed by atoms with Crippen LogP contribution in [0.25, 0.3) is 0 Å². The van der Waals surface area contributed by atoms with Crippen LogP contribution >= 0.6 is 11.8 Å². The minimum Gasteiger partial charge on any atom is -0.389 e. The Morgan fingerprint density at radius 1 is 1.20 bits per heavy atom. The van der Waals surface area contributed by atoms with E-state index >= 15 is 0 Å². The molecule has 0 bridgehead atoms. The highest BCUT2D eigenvalue weighted by molar-refractivity contribution is 7.99. The number of hydrogen-bond donors (Lipinski definition) is 2. The van der Waals surface area contributed by atoms with Crippen molar-refractivity contribution < 1.29 is 9.84 Å². The van der Waals surface area contributed by atoms with Gasteiger partial charge in [0.2, 0.25) is 0 Å². The van der Waals surface area contributed by atoms with Crippen molar-refractivity contribution in [1.29, 1.82) is 0 Å². The van der Waals surface area contributed by atoms with Gasteiger partial charge in [-0.25, -0.2) is 0 Å². The van der Waals surface area contributed by atoms with E-state index in [1.165, 1.54) is 0 Å². The summed E-state index contributed by atoms with van der Waals surface area (Å²) < 4.78 is 5.92. The molecule has 1 heterocycles. The maximum absolute atomic E-state index is 10.6. The third kappa shape index (κ3) is 3.18. The van der Waals surface area contributed by atoms with E-state index in [1.54, 1.807) is 0 Å². The quantitative estimate of drug-likeness (QED) is 0.759. The fourth-order valence-corrected chi connectivity index (χ4v) is 5.16. The molecule has 0 amide bonds. The SMILES string of the molecule is CCOC1CC(NCC2(O)CCSCC2)C1(CC)CC. The smallest absolute Gasteiger partial charge is 0.0787 e. The minimum absolute atomic E-state index is 0.274. The molecular formula is C16H31NO2S. The van der Waals surface area contributed by atoms with Crippen molar-refractivity contribution in [3.63, 3.8) is 0 Å². The number of aliphatic hydroxyl groups is 1. The third-order valence-corrected chi connectivity index (χ3v) is 6.56. The summed E-state index contributed by atoms with van der Waals surface area (Å²) in [6.07, 6.45) is 5.66. The minimum atomic E-state index is -0.477. The van der Waals surface area contributed by atoms with Gasteiger partial charge in [0, 0.05) is 24.6 Å². The van der Waals surface area contributed by atoms with Crippen molar-refractivity contribution in [2.75, 3.05) is 24.7 Å². The summed E-state index contributed by atoms with van der Waals surface area (Å²) in [5.74, 6) is 2.19. The highest BCUT2D eigenvalue weighted by atomic mass is 32.2. The Kier molecular flexibility index (Phi) is 5.80. The first-order chi connectivity index (χ1) is 9.60. The third-order valence-electron chi connectivity index (χ3n) is 5.57. The number of ether oxygens (including phenoxy) is 1. The van der Waals surface area contributed by atoms with Gasteiger partial charge in [-0.05, 0) is 50.5 Å². The van der Waals surface area contributed by atoms with E-state index in [0.29, 0.717) is 12.1 Å². The van der Waals surface area contributed by atoms with E-state index in [4.69, 9.17) is 4.74 Å². The molecule has 2 N–H and O–H groups in total. The Morgan fingerprint density at radius 2 is 1.85 bits per heavy atom. The summed E-state index contributed by atoms with van der Waals surface area (Å²) in [6.45, 7) is 8.18. The molecule has 4 heteroatoms. The van der Waals surface area contributed by atoms with Gasteiger partial charge in [-0.3, -0.25) is 0 Å². The summed E-state index contributed by atoms with van der Waals surface area (Å²) >= 11 is 1.96. The molecule has 0 aromatic heterocycles. The van der Waals surface area contributed by atoms with Crippen LogP contribution in [0.15, 0.2) is 0 Å². The molecule has 2 rings (SSSR count). The topological polar surface area (TPSA) is 41.5 Å². The molecule has 3 nitrogen and oxygen atoms in total. The van der Waals surface area contributed by atoms with Crippen molar-refractivity contribution in [1.82, 2.24) is 5.32 Å². The molecule has 1 aliphatic carbocycles. The highest BCUT2D eigenvalue weighted by Crippen LogP contribution is 2.49. The van der Waals surface area contributed by atoms with E-state index in [2.05, 4.69) is 26.1 Å². The van der Waals surface area contributed by atoms with Crippen LogP contribution in [-0.4, -0.2) is 47.5 Å². The van der Waals surface area contributed by atoms with Crippen LogP contribution in [-0.2, 0) is 4.74 Å². The van der Waals surface area contributed by atoms with E-state index in [9.17, 15) is 5.11 Å². The average molecular weight is 301 g/mol. The molecule has 0 aromatic rings. The second-order valence-electron chi connectivity index (χ2n) is 6.39. The van der Waals surface area contributed by atoms with Crippen molar-refractivity contribution >= 4 is 11.8 Å². The molecule has 1 saturated heterocycles. The Labute approximate surface area is 128 Å². The van der Waals surface area contributed by atoms with Gasteiger partial charge in [0.05, 0.1) is 11.7 Å². The van der Waals surface area contributed by atoms with Crippen molar-refractivity contribution in [3.8, 4) is 0 Å². The van der Waals surface area contributed by atoms with Crippen LogP contribution in [0.5, 0.6) is 0 Å². The van der Waals surface area contributed by atoms with Gasteiger partial charge in [-0.1, -0.05) is 13.8 Å². The van der Waals surface area contributed by atoms with Gasteiger partial charge in [0.1, 0.15) is 0 Å². The zero-order chi connectivity index (χ0) is 14.6. The number of thioether (sulfide) groups is 1. The van der Waals surface area contributed by atoms with Gasteiger partial charge in [0.25, 0.3) is 0 Å². The molecule has 20 heavy (non-hydrogen) atoms. The van der Waals surface area contributed by atoms with Crippen molar-refractivity contribution in [2.24, 2.45) is 5.41 Å². The molecule has 0 radical (unpaired) electrons. The van der Waals surface area contributed by atoms with E-state index < -0.39 is 5.60 Å². The summed E-state index contributed by atoms with van der Waals surface area (Å²) in [6, 6.07) is 0.507. The largest absolute Gasteiger partial charge is 0.389 e. The lowest BCUT2D eigenvalue weighted by molar-refractivity contribution is -0.141. The molecule has 0 aromatic carbocycles. The Hall–Kier alpha value is 0.230. The van der Waals surface area contributed by atoms with Gasteiger partial charge >= 0.3 is 0 Å². The van der Waals surface area contributed by atoms with Gasteiger partial charge in [-0.2, -0.15) is 11.8 Å². The van der Waals surface area contributed by atoms with Crippen LogP contribution in [0.2, 0.25) is 0 Å². The lowest BCUT2D eigenvalue weighted by Gasteiger charge is -2.56. The Balaban J connectivity index is 1.89. The van der Waals surface area contributed by atoms with Crippen LogP contribution < -0.4 is 5.32 Å². The van der Waals surface area contributed by atoms with Gasteiger partial charge in [0.15, 0.2) is 0 Å². The molecule has 0 spiro atoms. The first-order valence-electron chi connectivity index (χ1n) is 8.25. The number of nitrogens with one attached hydrogen (secondary N) is 1. The second kappa shape index (κ2) is 6.99. The summed E-state index contributed by atoms with van der Waals surface area (Å²) in [5, 5.41) is 14.3. The maximum Gasteiger partial charge on any atom is 0.0787 e. The first kappa shape index (κ1) is 16.6. The predicted molar refractivity (Wildman–Crippen MR) is 86.3 cm³/mol. The fourth-order valence-electron chi connectivity index (χ4n) is 3.91. The molecule has 2 unspecified atom stereocenters. The van der Waals surface area contributed by atoms with Crippen molar-refractivity contribution in [3.05, 3.63) is 0 Å². The van der Waals surface area contributed by atoms with Crippen LogP contribution in [0.3, 0.4) is 0 Å². The van der Waals surface area contributed by atoms with Crippen LogP contribution in [0.1, 0.15) is 52.9 Å². The Bertz CT molecular complexity index is 301. The van der Waals surface area contributed by atoms with E-state index in [1.807, 2.05) is 11.8 Å². The monoisotopic (exact) mass is 301 g/mol. The van der Waals surface area contributed by atoms with Crippen molar-refractivity contribution in [2.45, 2.75) is 70.6 Å². The molecule has 2 atom stereocenters. The molecular weight excluding hydrogens is 270 g/mol. The fraction of sp³-hybridized carbons (Fsp3) is 1.00. The van der Waals surface area contributed by atoms with Gasteiger partial charge < -0.3 is 15.2 Å². The average Bonchev–Trinajstić information content (AvgIpc) is 2.44. The van der Waals surface area contributed by atoms with Crippen LogP contribution in [0, 0.1) is 5.41 Å².